The van der Waals surface area contributed by atoms with E-state index in [1.165, 1.54) is 0 Å². The Bertz CT molecular complexity index is 267. The van der Waals surface area contributed by atoms with Crippen LogP contribution < -0.4 is 4.72 Å². The summed E-state index contributed by atoms with van der Waals surface area (Å²) in [6.07, 6.45) is 1.12. The van der Waals surface area contributed by atoms with Gasteiger partial charge in [0.1, 0.15) is 0 Å². The van der Waals surface area contributed by atoms with Gasteiger partial charge >= 0.3 is 0 Å². The normalized spacial score (nSPS) is 30.5. The lowest BCUT2D eigenvalue weighted by Gasteiger charge is -2.33. The molecule has 0 saturated carbocycles. The molecule has 1 heterocycles. The monoisotopic (exact) mass is 220 g/mol. The van der Waals surface area contributed by atoms with Crippen molar-refractivity contribution in [2.75, 3.05) is 19.6 Å². The first kappa shape index (κ1) is 11.9. The van der Waals surface area contributed by atoms with Crippen LogP contribution in [0, 0.1) is 11.8 Å². The molecular weight excluding hydrogens is 200 g/mol. The van der Waals surface area contributed by atoms with Gasteiger partial charge in [0, 0.05) is 19.6 Å². The number of hydrogen-bond donors (Lipinski definition) is 1. The SMILES string of the molecule is CCNS(=O)(=O)N1CC(C)CC(C)C1. The van der Waals surface area contributed by atoms with Crippen LogP contribution in [0.25, 0.3) is 0 Å². The van der Waals surface area contributed by atoms with Gasteiger partial charge in [0.05, 0.1) is 0 Å². The van der Waals surface area contributed by atoms with E-state index in [1.807, 2.05) is 0 Å². The molecule has 2 unspecified atom stereocenters. The lowest BCUT2D eigenvalue weighted by Crippen LogP contribution is -2.47. The van der Waals surface area contributed by atoms with Crippen LogP contribution >= 0.6 is 0 Å². The summed E-state index contributed by atoms with van der Waals surface area (Å²) in [7, 11) is -3.22. The van der Waals surface area contributed by atoms with Gasteiger partial charge in [-0.05, 0) is 18.3 Å². The molecule has 5 heteroatoms. The Kier molecular flexibility index (Phi) is 3.92. The van der Waals surface area contributed by atoms with Crippen LogP contribution in [-0.4, -0.2) is 32.4 Å². The van der Waals surface area contributed by atoms with E-state index in [1.54, 1.807) is 11.2 Å². The molecule has 1 aliphatic rings. The Balaban J connectivity index is 2.68. The molecule has 2 atom stereocenters. The highest BCUT2D eigenvalue weighted by molar-refractivity contribution is 7.87. The molecule has 0 aromatic carbocycles. The summed E-state index contributed by atoms with van der Waals surface area (Å²) in [4.78, 5) is 0. The van der Waals surface area contributed by atoms with Crippen LogP contribution in [-0.2, 0) is 10.2 Å². The number of nitrogens with one attached hydrogen (secondary N) is 1. The Morgan fingerprint density at radius 2 is 1.79 bits per heavy atom. The third kappa shape index (κ3) is 2.93. The van der Waals surface area contributed by atoms with Crippen molar-refractivity contribution in [3.63, 3.8) is 0 Å². The van der Waals surface area contributed by atoms with E-state index in [0.717, 1.165) is 6.42 Å². The average molecular weight is 220 g/mol. The summed E-state index contributed by atoms with van der Waals surface area (Å²) < 4.78 is 27.5. The summed E-state index contributed by atoms with van der Waals surface area (Å²) in [5, 5.41) is 0. The standard InChI is InChI=1S/C9H20N2O2S/c1-4-10-14(12,13)11-6-8(2)5-9(3)7-11/h8-10H,4-7H2,1-3H3. The van der Waals surface area contributed by atoms with Gasteiger partial charge in [-0.3, -0.25) is 0 Å². The summed E-state index contributed by atoms with van der Waals surface area (Å²) in [6, 6.07) is 0. The van der Waals surface area contributed by atoms with Crippen LogP contribution in [0.3, 0.4) is 0 Å². The summed E-state index contributed by atoms with van der Waals surface area (Å²) in [5.41, 5.74) is 0. The van der Waals surface area contributed by atoms with Crippen molar-refractivity contribution in [2.45, 2.75) is 27.2 Å². The predicted octanol–water partition coefficient (Wildman–Crippen LogP) is 0.819. The van der Waals surface area contributed by atoms with E-state index in [0.29, 0.717) is 31.5 Å². The van der Waals surface area contributed by atoms with Crippen molar-refractivity contribution in [3.05, 3.63) is 0 Å². The van der Waals surface area contributed by atoms with E-state index >= 15 is 0 Å². The van der Waals surface area contributed by atoms with Crippen LogP contribution in [0.4, 0.5) is 0 Å². The van der Waals surface area contributed by atoms with Gasteiger partial charge in [-0.15, -0.1) is 0 Å². The number of rotatable bonds is 3. The van der Waals surface area contributed by atoms with Crippen molar-refractivity contribution in [1.82, 2.24) is 9.03 Å². The van der Waals surface area contributed by atoms with Crippen LogP contribution in [0.1, 0.15) is 27.2 Å². The molecular formula is C9H20N2O2S. The minimum atomic E-state index is -3.22. The van der Waals surface area contributed by atoms with Crippen LogP contribution in [0.15, 0.2) is 0 Å². The first-order valence-corrected chi connectivity index (χ1v) is 6.64. The Hall–Kier alpha value is -0.130. The molecule has 0 aromatic rings. The zero-order valence-electron chi connectivity index (χ0n) is 9.16. The molecule has 1 N–H and O–H groups in total. The van der Waals surface area contributed by atoms with Gasteiger partial charge in [-0.25, -0.2) is 4.72 Å². The summed E-state index contributed by atoms with van der Waals surface area (Å²) in [6.45, 7) is 7.77. The average Bonchev–Trinajstić information content (AvgIpc) is 2.02. The second kappa shape index (κ2) is 4.59. The van der Waals surface area contributed by atoms with Crippen molar-refractivity contribution >= 4 is 10.2 Å². The second-order valence-corrected chi connectivity index (χ2v) is 6.02. The highest BCUT2D eigenvalue weighted by atomic mass is 32.2. The molecule has 0 aromatic heterocycles. The van der Waals surface area contributed by atoms with E-state index in [4.69, 9.17) is 0 Å². The quantitative estimate of drug-likeness (QED) is 0.765. The Morgan fingerprint density at radius 1 is 1.29 bits per heavy atom. The fourth-order valence-corrected chi connectivity index (χ4v) is 3.52. The topological polar surface area (TPSA) is 49.4 Å². The van der Waals surface area contributed by atoms with Crippen molar-refractivity contribution in [3.8, 4) is 0 Å². The maximum atomic E-state index is 11.7. The molecule has 1 saturated heterocycles. The predicted molar refractivity (Wildman–Crippen MR) is 57.1 cm³/mol. The van der Waals surface area contributed by atoms with Gasteiger partial charge in [0.2, 0.25) is 0 Å². The Morgan fingerprint density at radius 3 is 2.21 bits per heavy atom. The van der Waals surface area contributed by atoms with Gasteiger partial charge in [-0.2, -0.15) is 12.7 Å². The van der Waals surface area contributed by atoms with Gasteiger partial charge in [0.15, 0.2) is 0 Å². The number of piperidine rings is 1. The van der Waals surface area contributed by atoms with Crippen LogP contribution in [0.5, 0.6) is 0 Å². The highest BCUT2D eigenvalue weighted by Crippen LogP contribution is 2.22. The molecule has 0 aliphatic carbocycles. The molecule has 0 bridgehead atoms. The van der Waals surface area contributed by atoms with Crippen LogP contribution in [0.2, 0.25) is 0 Å². The summed E-state index contributed by atoms with van der Waals surface area (Å²) >= 11 is 0. The minimum Gasteiger partial charge on any atom is -0.202 e. The first-order chi connectivity index (χ1) is 6.45. The van der Waals surface area contributed by atoms with Gasteiger partial charge in [0.25, 0.3) is 10.2 Å². The van der Waals surface area contributed by atoms with Crippen molar-refractivity contribution in [2.24, 2.45) is 11.8 Å². The molecule has 1 fully saturated rings. The molecule has 0 amide bonds. The zero-order valence-corrected chi connectivity index (χ0v) is 9.97. The number of hydrogen-bond acceptors (Lipinski definition) is 2. The molecule has 84 valence electrons. The fraction of sp³-hybridized carbons (Fsp3) is 1.00. The first-order valence-electron chi connectivity index (χ1n) is 5.20. The van der Waals surface area contributed by atoms with Crippen molar-refractivity contribution < 1.29 is 8.42 Å². The van der Waals surface area contributed by atoms with Gasteiger partial charge in [-0.1, -0.05) is 20.8 Å². The summed E-state index contributed by atoms with van der Waals surface area (Å²) in [5.74, 6) is 0.930. The number of nitrogens with zero attached hydrogens (tertiary/aromatic N) is 1. The Labute approximate surface area is 86.9 Å². The third-order valence-corrected chi connectivity index (χ3v) is 4.13. The molecule has 0 spiro atoms. The van der Waals surface area contributed by atoms with E-state index in [-0.39, 0.29) is 0 Å². The smallest absolute Gasteiger partial charge is 0.202 e. The molecule has 1 rings (SSSR count). The lowest BCUT2D eigenvalue weighted by atomic mass is 9.94. The zero-order chi connectivity index (χ0) is 10.8. The minimum absolute atomic E-state index is 0.460. The van der Waals surface area contributed by atoms with E-state index < -0.39 is 10.2 Å². The highest BCUT2D eigenvalue weighted by Gasteiger charge is 2.29. The van der Waals surface area contributed by atoms with E-state index in [2.05, 4.69) is 18.6 Å². The molecule has 0 radical (unpaired) electrons. The maximum absolute atomic E-state index is 11.7. The second-order valence-electron chi connectivity index (χ2n) is 4.27. The largest absolute Gasteiger partial charge is 0.279 e. The van der Waals surface area contributed by atoms with Crippen molar-refractivity contribution in [1.29, 1.82) is 0 Å². The molecule has 1 aliphatic heterocycles. The lowest BCUT2D eigenvalue weighted by molar-refractivity contribution is 0.220. The van der Waals surface area contributed by atoms with Gasteiger partial charge < -0.3 is 0 Å². The third-order valence-electron chi connectivity index (χ3n) is 2.50. The maximum Gasteiger partial charge on any atom is 0.279 e. The van der Waals surface area contributed by atoms with E-state index in [9.17, 15) is 8.42 Å². The molecule has 4 nitrogen and oxygen atoms in total. The fourth-order valence-electron chi connectivity index (χ4n) is 2.08. The molecule has 14 heavy (non-hydrogen) atoms.